The molecule has 2 N–H and O–H groups in total. The number of ether oxygens (including phenoxy) is 1. The van der Waals surface area contributed by atoms with Crippen LogP contribution in [0.1, 0.15) is 40.0 Å². The van der Waals surface area contributed by atoms with E-state index in [0.29, 0.717) is 28.5 Å². The van der Waals surface area contributed by atoms with Crippen molar-refractivity contribution < 1.29 is 14.6 Å². The molecule has 0 spiro atoms. The number of nitrogens with zero attached hydrogens (tertiary/aromatic N) is 2. The molecule has 0 radical (unpaired) electrons. The third kappa shape index (κ3) is 4.55. The molecule has 1 saturated heterocycles. The van der Waals surface area contributed by atoms with Crippen LogP contribution in [0.25, 0.3) is 11.0 Å². The highest BCUT2D eigenvalue weighted by Gasteiger charge is 2.19. The van der Waals surface area contributed by atoms with Gasteiger partial charge in [0.2, 0.25) is 0 Å². The first-order chi connectivity index (χ1) is 14.5. The standard InChI is InChI=1S/C23H24ClN3O3/c1-14-17(10-15-6-8-30-9-7-15)11-19-21(28)20(13-25-22(19)27-14)23(29)26-12-16-2-4-18(24)5-3-16/h2-5,11,13,15H,6-10,12H2,1H3,(H,26,29)(H,25,27,28). The highest BCUT2D eigenvalue weighted by molar-refractivity contribution is 6.30. The molecule has 0 aliphatic carbocycles. The SMILES string of the molecule is Cc1nc2ncc(C(=O)NCc3ccc(Cl)cc3)c(O)c2cc1CC1CCOCC1. The Kier molecular flexibility index (Phi) is 6.16. The lowest BCUT2D eigenvalue weighted by Gasteiger charge is -2.22. The molecule has 1 fully saturated rings. The van der Waals surface area contributed by atoms with Crippen molar-refractivity contribution in [1.29, 1.82) is 0 Å². The molecule has 1 amide bonds. The van der Waals surface area contributed by atoms with Crippen molar-refractivity contribution in [2.45, 2.75) is 32.7 Å². The molecule has 3 heterocycles. The van der Waals surface area contributed by atoms with Crippen LogP contribution in [0.3, 0.4) is 0 Å². The van der Waals surface area contributed by atoms with E-state index in [2.05, 4.69) is 15.3 Å². The molecule has 3 aromatic rings. The zero-order valence-corrected chi connectivity index (χ0v) is 17.6. The molecular formula is C23H24ClN3O3. The average Bonchev–Trinajstić information content (AvgIpc) is 2.75. The van der Waals surface area contributed by atoms with Crippen molar-refractivity contribution in [2.75, 3.05) is 13.2 Å². The fraction of sp³-hybridized carbons (Fsp3) is 0.348. The van der Waals surface area contributed by atoms with Crippen LogP contribution in [0.15, 0.2) is 36.5 Å². The summed E-state index contributed by atoms with van der Waals surface area (Å²) in [5, 5.41) is 14.8. The summed E-state index contributed by atoms with van der Waals surface area (Å²) in [4.78, 5) is 21.5. The fourth-order valence-corrected chi connectivity index (χ4v) is 3.88. The molecule has 30 heavy (non-hydrogen) atoms. The van der Waals surface area contributed by atoms with Gasteiger partial charge < -0.3 is 15.2 Å². The van der Waals surface area contributed by atoms with Gasteiger partial charge in [-0.2, -0.15) is 0 Å². The van der Waals surface area contributed by atoms with Crippen molar-refractivity contribution in [3.8, 4) is 5.75 Å². The average molecular weight is 426 g/mol. The summed E-state index contributed by atoms with van der Waals surface area (Å²) in [7, 11) is 0. The first-order valence-corrected chi connectivity index (χ1v) is 10.5. The number of amides is 1. The topological polar surface area (TPSA) is 84.3 Å². The highest BCUT2D eigenvalue weighted by Crippen LogP contribution is 2.30. The zero-order valence-electron chi connectivity index (χ0n) is 16.8. The quantitative estimate of drug-likeness (QED) is 0.640. The number of hydrogen-bond acceptors (Lipinski definition) is 5. The lowest BCUT2D eigenvalue weighted by atomic mass is 9.91. The molecule has 1 aliphatic heterocycles. The Hall–Kier alpha value is -2.70. The summed E-state index contributed by atoms with van der Waals surface area (Å²) in [6, 6.07) is 9.15. The van der Waals surface area contributed by atoms with E-state index in [1.54, 1.807) is 12.1 Å². The number of pyridine rings is 2. The minimum atomic E-state index is -0.386. The van der Waals surface area contributed by atoms with Crippen molar-refractivity contribution in [1.82, 2.24) is 15.3 Å². The number of rotatable bonds is 5. The summed E-state index contributed by atoms with van der Waals surface area (Å²) in [5.74, 6) is 0.0652. The van der Waals surface area contributed by atoms with Crippen LogP contribution in [0, 0.1) is 12.8 Å². The zero-order chi connectivity index (χ0) is 21.1. The van der Waals surface area contributed by atoms with Crippen LogP contribution in [0.5, 0.6) is 5.75 Å². The van der Waals surface area contributed by atoms with Gasteiger partial charge in [0.05, 0.1) is 5.39 Å². The smallest absolute Gasteiger partial charge is 0.256 e. The molecule has 0 atom stereocenters. The minimum absolute atomic E-state index is 0.0886. The Morgan fingerprint density at radius 1 is 1.27 bits per heavy atom. The van der Waals surface area contributed by atoms with Crippen LogP contribution >= 0.6 is 11.6 Å². The molecule has 0 saturated carbocycles. The Bertz CT molecular complexity index is 1060. The number of hydrogen-bond donors (Lipinski definition) is 2. The number of fused-ring (bicyclic) bond motifs is 1. The van der Waals surface area contributed by atoms with Gasteiger partial charge in [0.15, 0.2) is 5.65 Å². The number of carbonyl (C=O) groups excluding carboxylic acids is 1. The first kappa shape index (κ1) is 20.6. The summed E-state index contributed by atoms with van der Waals surface area (Å²) in [6.45, 7) is 3.86. The number of aromatic hydroxyl groups is 1. The van der Waals surface area contributed by atoms with Gasteiger partial charge in [0.25, 0.3) is 5.91 Å². The first-order valence-electron chi connectivity index (χ1n) is 10.1. The Morgan fingerprint density at radius 2 is 2.00 bits per heavy atom. The highest BCUT2D eigenvalue weighted by atomic mass is 35.5. The van der Waals surface area contributed by atoms with Gasteiger partial charge in [-0.25, -0.2) is 9.97 Å². The van der Waals surface area contributed by atoms with Gasteiger partial charge in [-0.15, -0.1) is 0 Å². The van der Waals surface area contributed by atoms with Crippen molar-refractivity contribution >= 4 is 28.5 Å². The largest absolute Gasteiger partial charge is 0.506 e. The molecule has 0 bridgehead atoms. The van der Waals surface area contributed by atoms with E-state index in [4.69, 9.17) is 16.3 Å². The molecule has 7 heteroatoms. The van der Waals surface area contributed by atoms with E-state index in [0.717, 1.165) is 49.3 Å². The maximum absolute atomic E-state index is 12.6. The lowest BCUT2D eigenvalue weighted by Crippen LogP contribution is -2.23. The van der Waals surface area contributed by atoms with Crippen LogP contribution < -0.4 is 5.32 Å². The maximum Gasteiger partial charge on any atom is 0.256 e. The van der Waals surface area contributed by atoms with Gasteiger partial charge in [-0.1, -0.05) is 23.7 Å². The number of halogens is 1. The van der Waals surface area contributed by atoms with Crippen molar-refractivity contribution in [3.05, 3.63) is 63.9 Å². The van der Waals surface area contributed by atoms with E-state index >= 15 is 0 Å². The summed E-state index contributed by atoms with van der Waals surface area (Å²) in [5.41, 5.74) is 3.47. The molecule has 4 rings (SSSR count). The van der Waals surface area contributed by atoms with E-state index in [1.165, 1.54) is 6.20 Å². The van der Waals surface area contributed by atoms with Gasteiger partial charge >= 0.3 is 0 Å². The van der Waals surface area contributed by atoms with Gasteiger partial charge in [0.1, 0.15) is 11.3 Å². The number of carbonyl (C=O) groups is 1. The fourth-order valence-electron chi connectivity index (χ4n) is 3.75. The van der Waals surface area contributed by atoms with Crippen LogP contribution in [0.4, 0.5) is 0 Å². The third-order valence-electron chi connectivity index (χ3n) is 5.58. The number of nitrogens with one attached hydrogen (secondary N) is 1. The molecule has 0 unspecified atom stereocenters. The van der Waals surface area contributed by atoms with E-state index in [-0.39, 0.29) is 17.2 Å². The Morgan fingerprint density at radius 3 is 2.73 bits per heavy atom. The molecular weight excluding hydrogens is 402 g/mol. The predicted octanol–water partition coefficient (Wildman–Crippen LogP) is 4.20. The van der Waals surface area contributed by atoms with E-state index < -0.39 is 0 Å². The second kappa shape index (κ2) is 8.98. The minimum Gasteiger partial charge on any atom is -0.506 e. The van der Waals surface area contributed by atoms with Crippen molar-refractivity contribution in [2.24, 2.45) is 5.92 Å². The summed E-state index contributed by atoms with van der Waals surface area (Å²) < 4.78 is 5.44. The predicted molar refractivity (Wildman–Crippen MR) is 116 cm³/mol. The lowest BCUT2D eigenvalue weighted by molar-refractivity contribution is 0.0665. The molecule has 156 valence electrons. The van der Waals surface area contributed by atoms with Crippen LogP contribution in [0.2, 0.25) is 5.02 Å². The van der Waals surface area contributed by atoms with Crippen LogP contribution in [-0.4, -0.2) is 34.2 Å². The molecule has 6 nitrogen and oxygen atoms in total. The van der Waals surface area contributed by atoms with Gasteiger partial charge in [0, 0.05) is 36.7 Å². The maximum atomic E-state index is 12.6. The Labute approximate surface area is 180 Å². The molecule has 1 aromatic carbocycles. The van der Waals surface area contributed by atoms with Gasteiger partial charge in [-0.3, -0.25) is 4.79 Å². The molecule has 1 aliphatic rings. The summed E-state index contributed by atoms with van der Waals surface area (Å²) >= 11 is 5.89. The third-order valence-corrected chi connectivity index (χ3v) is 5.84. The summed E-state index contributed by atoms with van der Waals surface area (Å²) in [6.07, 6.45) is 4.30. The monoisotopic (exact) mass is 425 g/mol. The second-order valence-corrected chi connectivity index (χ2v) is 8.13. The van der Waals surface area contributed by atoms with E-state index in [1.807, 2.05) is 25.1 Å². The number of aromatic nitrogens is 2. The van der Waals surface area contributed by atoms with E-state index in [9.17, 15) is 9.90 Å². The van der Waals surface area contributed by atoms with Gasteiger partial charge in [-0.05, 0) is 61.4 Å². The molecule has 2 aromatic heterocycles. The second-order valence-electron chi connectivity index (χ2n) is 7.69. The van der Waals surface area contributed by atoms with Crippen molar-refractivity contribution in [3.63, 3.8) is 0 Å². The Balaban J connectivity index is 1.56. The van der Waals surface area contributed by atoms with Crippen LogP contribution in [-0.2, 0) is 17.7 Å². The number of aryl methyl sites for hydroxylation is 1. The normalized spacial score (nSPS) is 14.7. The number of benzene rings is 1.